The molecule has 3 rings (SSSR count). The lowest BCUT2D eigenvalue weighted by Gasteiger charge is -2.03. The van der Waals surface area contributed by atoms with Crippen LogP contribution in [0.1, 0.15) is 81.2 Å². The molecule has 0 aliphatic heterocycles. The van der Waals surface area contributed by atoms with Gasteiger partial charge in [-0.1, -0.05) is 52.4 Å². The van der Waals surface area contributed by atoms with Gasteiger partial charge in [0.15, 0.2) is 0 Å². The number of rotatable bonds is 12. The predicted molar refractivity (Wildman–Crippen MR) is 131 cm³/mol. The van der Waals surface area contributed by atoms with E-state index in [4.69, 9.17) is 0 Å². The Balaban J connectivity index is 1.76. The molecule has 0 radical (unpaired) electrons. The summed E-state index contributed by atoms with van der Waals surface area (Å²) in [7, 11) is 0. The molecule has 0 fully saturated rings. The molecule has 29 heavy (non-hydrogen) atoms. The zero-order valence-electron chi connectivity index (χ0n) is 17.6. The van der Waals surface area contributed by atoms with Crippen molar-refractivity contribution in [3.05, 3.63) is 45.6 Å². The van der Waals surface area contributed by atoms with Crippen LogP contribution < -0.4 is 0 Å². The van der Waals surface area contributed by atoms with Crippen LogP contribution in [-0.4, -0.2) is 0 Å². The molecule has 4 heteroatoms. The lowest BCUT2D eigenvalue weighted by molar-refractivity contribution is 0.668. The molecule has 0 saturated carbocycles. The summed E-state index contributed by atoms with van der Waals surface area (Å²) in [6.07, 6.45) is 12.6. The maximum absolute atomic E-state index is 9.41. The van der Waals surface area contributed by atoms with E-state index >= 15 is 0 Å². The molecule has 0 unspecified atom stereocenters. The minimum atomic E-state index is 0.841. The maximum atomic E-state index is 9.41. The second-order valence-corrected chi connectivity index (χ2v) is 10.7. The van der Waals surface area contributed by atoms with Gasteiger partial charge in [0.1, 0.15) is 10.9 Å². The first-order chi connectivity index (χ1) is 14.3. The zero-order valence-corrected chi connectivity index (χ0v) is 20.1. The Morgan fingerprint density at radius 2 is 1.41 bits per heavy atom. The zero-order chi connectivity index (χ0) is 20.5. The number of hydrogen-bond acceptors (Lipinski definition) is 4. The highest BCUT2D eigenvalue weighted by atomic mass is 32.1. The topological polar surface area (TPSA) is 23.8 Å². The van der Waals surface area contributed by atoms with Crippen LogP contribution in [0.15, 0.2) is 29.6 Å². The van der Waals surface area contributed by atoms with Crippen LogP contribution in [0.4, 0.5) is 0 Å². The van der Waals surface area contributed by atoms with E-state index in [2.05, 4.69) is 49.6 Å². The van der Waals surface area contributed by atoms with Crippen molar-refractivity contribution in [2.45, 2.75) is 78.1 Å². The summed E-state index contributed by atoms with van der Waals surface area (Å²) in [4.78, 5) is 6.30. The maximum Gasteiger partial charge on any atom is 0.110 e. The van der Waals surface area contributed by atoms with E-state index in [-0.39, 0.29) is 0 Å². The summed E-state index contributed by atoms with van der Waals surface area (Å²) in [6, 6.07) is 11.3. The molecule has 3 aromatic rings. The van der Waals surface area contributed by atoms with E-state index in [0.717, 1.165) is 11.3 Å². The normalized spacial score (nSPS) is 11.1. The Hall–Kier alpha value is -1.41. The van der Waals surface area contributed by atoms with Crippen LogP contribution in [0.5, 0.6) is 0 Å². The SMILES string of the molecule is CCCCCCc1ccsc1-c1ccc(-c2sc(C#N)cc2CCCCCC)s1. The molecular weight excluding hydrogens is 410 g/mol. The lowest BCUT2D eigenvalue weighted by atomic mass is 10.1. The lowest BCUT2D eigenvalue weighted by Crippen LogP contribution is -1.85. The van der Waals surface area contributed by atoms with Gasteiger partial charge >= 0.3 is 0 Å². The van der Waals surface area contributed by atoms with E-state index in [9.17, 15) is 5.26 Å². The van der Waals surface area contributed by atoms with Crippen molar-refractivity contribution in [2.75, 3.05) is 0 Å². The molecule has 0 amide bonds. The molecule has 0 N–H and O–H groups in total. The third-order valence-electron chi connectivity index (χ3n) is 5.32. The minimum Gasteiger partial charge on any atom is -0.192 e. The molecular formula is C25H31NS3. The van der Waals surface area contributed by atoms with Crippen LogP contribution >= 0.6 is 34.0 Å². The Morgan fingerprint density at radius 1 is 0.759 bits per heavy atom. The number of hydrogen-bond donors (Lipinski definition) is 0. The van der Waals surface area contributed by atoms with Crippen LogP contribution in [0.25, 0.3) is 19.5 Å². The molecule has 0 aromatic carbocycles. The van der Waals surface area contributed by atoms with Crippen molar-refractivity contribution in [3.63, 3.8) is 0 Å². The molecule has 3 heterocycles. The van der Waals surface area contributed by atoms with Crippen molar-refractivity contribution in [2.24, 2.45) is 0 Å². The highest BCUT2D eigenvalue weighted by Crippen LogP contribution is 2.43. The first-order valence-electron chi connectivity index (χ1n) is 11.0. The van der Waals surface area contributed by atoms with Crippen molar-refractivity contribution < 1.29 is 0 Å². The van der Waals surface area contributed by atoms with E-state index in [1.165, 1.54) is 88.4 Å². The van der Waals surface area contributed by atoms with Crippen LogP contribution in [0, 0.1) is 11.3 Å². The standard InChI is InChI=1S/C25H31NS3/c1-3-5-7-9-11-19-15-16-27-24(19)22-13-14-23(29-22)25-20(12-10-8-6-4-2)17-21(18-26)28-25/h13-17H,3-12H2,1-2H3. The van der Waals surface area contributed by atoms with Gasteiger partial charge in [0, 0.05) is 19.5 Å². The summed E-state index contributed by atoms with van der Waals surface area (Å²) in [5, 5.41) is 11.6. The summed E-state index contributed by atoms with van der Waals surface area (Å²) in [5.74, 6) is 0. The molecule has 3 aromatic heterocycles. The monoisotopic (exact) mass is 441 g/mol. The van der Waals surface area contributed by atoms with Crippen LogP contribution in [0.2, 0.25) is 0 Å². The summed E-state index contributed by atoms with van der Waals surface area (Å²) in [6.45, 7) is 4.52. The minimum absolute atomic E-state index is 0.841. The fraction of sp³-hybridized carbons (Fsp3) is 0.480. The molecule has 0 aliphatic carbocycles. The third kappa shape index (κ3) is 6.04. The highest BCUT2D eigenvalue weighted by molar-refractivity contribution is 7.26. The summed E-state index contributed by atoms with van der Waals surface area (Å²) >= 11 is 5.43. The second kappa shape index (κ2) is 11.7. The fourth-order valence-electron chi connectivity index (χ4n) is 3.69. The fourth-order valence-corrected chi connectivity index (χ4v) is 6.97. The molecule has 0 aliphatic rings. The predicted octanol–water partition coefficient (Wildman–Crippen LogP) is 9.32. The largest absolute Gasteiger partial charge is 0.192 e. The number of thiophene rings is 3. The quantitative estimate of drug-likeness (QED) is 0.257. The summed E-state index contributed by atoms with van der Waals surface area (Å²) < 4.78 is 0. The number of unbranched alkanes of at least 4 members (excludes halogenated alkanes) is 6. The van der Waals surface area contributed by atoms with Gasteiger partial charge in [-0.3, -0.25) is 0 Å². The van der Waals surface area contributed by atoms with Gasteiger partial charge in [0.2, 0.25) is 0 Å². The van der Waals surface area contributed by atoms with Crippen molar-refractivity contribution in [3.8, 4) is 25.6 Å². The Bertz CT molecular complexity index is 922. The number of nitrogens with zero attached hydrogens (tertiary/aromatic N) is 1. The smallest absolute Gasteiger partial charge is 0.110 e. The Kier molecular flexibility index (Phi) is 8.98. The Morgan fingerprint density at radius 3 is 2.07 bits per heavy atom. The average Bonchev–Trinajstić information content (AvgIpc) is 3.47. The average molecular weight is 442 g/mol. The van der Waals surface area contributed by atoms with E-state index in [1.54, 1.807) is 11.3 Å². The highest BCUT2D eigenvalue weighted by Gasteiger charge is 2.15. The van der Waals surface area contributed by atoms with Gasteiger partial charge < -0.3 is 0 Å². The van der Waals surface area contributed by atoms with Gasteiger partial charge in [-0.2, -0.15) is 5.26 Å². The molecule has 0 atom stereocenters. The van der Waals surface area contributed by atoms with E-state index in [1.807, 2.05) is 22.7 Å². The number of aryl methyl sites for hydroxylation is 2. The molecule has 1 nitrogen and oxygen atoms in total. The first kappa shape index (κ1) is 22.3. The second-order valence-electron chi connectivity index (χ2n) is 7.64. The molecule has 154 valence electrons. The Labute approximate surface area is 188 Å². The van der Waals surface area contributed by atoms with Gasteiger partial charge in [-0.15, -0.1) is 34.0 Å². The van der Waals surface area contributed by atoms with Gasteiger partial charge in [-0.05, 0) is 66.5 Å². The van der Waals surface area contributed by atoms with Crippen molar-refractivity contribution in [1.29, 1.82) is 5.26 Å². The van der Waals surface area contributed by atoms with Crippen LogP contribution in [0.3, 0.4) is 0 Å². The molecule has 0 bridgehead atoms. The van der Waals surface area contributed by atoms with E-state index < -0.39 is 0 Å². The van der Waals surface area contributed by atoms with E-state index in [0.29, 0.717) is 0 Å². The molecule has 0 saturated heterocycles. The van der Waals surface area contributed by atoms with Gasteiger partial charge in [0.25, 0.3) is 0 Å². The van der Waals surface area contributed by atoms with Crippen molar-refractivity contribution in [1.82, 2.24) is 0 Å². The van der Waals surface area contributed by atoms with Crippen LogP contribution in [-0.2, 0) is 12.8 Å². The van der Waals surface area contributed by atoms with Crippen molar-refractivity contribution >= 4 is 34.0 Å². The third-order valence-corrected chi connectivity index (χ3v) is 8.80. The molecule has 0 spiro atoms. The number of nitriles is 1. The van der Waals surface area contributed by atoms with Gasteiger partial charge in [0.05, 0.1) is 0 Å². The summed E-state index contributed by atoms with van der Waals surface area (Å²) in [5.41, 5.74) is 2.87. The first-order valence-corrected chi connectivity index (χ1v) is 13.5. The van der Waals surface area contributed by atoms with Gasteiger partial charge in [-0.25, -0.2) is 0 Å².